The summed E-state index contributed by atoms with van der Waals surface area (Å²) >= 11 is 1.74. The molecule has 3 nitrogen and oxygen atoms in total. The highest BCUT2D eigenvalue weighted by Gasteiger charge is 2.34. The van der Waals surface area contributed by atoms with Gasteiger partial charge in [-0.3, -0.25) is 0 Å². The molecule has 78 valence electrons. The number of hydrogen-bond acceptors (Lipinski definition) is 4. The van der Waals surface area contributed by atoms with Gasteiger partial charge in [0.1, 0.15) is 5.01 Å². The van der Waals surface area contributed by atoms with Gasteiger partial charge in [0.05, 0.1) is 12.3 Å². The van der Waals surface area contributed by atoms with E-state index in [0.29, 0.717) is 6.54 Å². The summed E-state index contributed by atoms with van der Waals surface area (Å²) in [5, 5.41) is 3.32. The van der Waals surface area contributed by atoms with Gasteiger partial charge in [0.2, 0.25) is 0 Å². The molecule has 4 heteroatoms. The second-order valence-corrected chi connectivity index (χ2v) is 4.90. The summed E-state index contributed by atoms with van der Waals surface area (Å²) in [6.07, 6.45) is 1.97. The normalized spacial score (nSPS) is 27.0. The Morgan fingerprint density at radius 3 is 3.21 bits per heavy atom. The van der Waals surface area contributed by atoms with Crippen LogP contribution in [0.2, 0.25) is 0 Å². The molecule has 2 rings (SSSR count). The SMILES string of the molecule is CC1(c2nc(CCN)cs2)CCOC1. The van der Waals surface area contributed by atoms with Gasteiger partial charge in [-0.15, -0.1) is 11.3 Å². The summed E-state index contributed by atoms with van der Waals surface area (Å²) in [6, 6.07) is 0. The third-order valence-corrected chi connectivity index (χ3v) is 3.88. The minimum atomic E-state index is 0.150. The van der Waals surface area contributed by atoms with Crippen LogP contribution in [0.15, 0.2) is 5.38 Å². The molecule has 1 saturated heterocycles. The maximum Gasteiger partial charge on any atom is 0.101 e. The molecule has 0 amide bonds. The van der Waals surface area contributed by atoms with Crippen molar-refractivity contribution in [2.45, 2.75) is 25.2 Å². The number of aromatic nitrogens is 1. The van der Waals surface area contributed by atoms with E-state index < -0.39 is 0 Å². The molecule has 1 aliphatic heterocycles. The Labute approximate surface area is 88.3 Å². The molecule has 1 aromatic heterocycles. The van der Waals surface area contributed by atoms with Crippen LogP contribution in [0, 0.1) is 0 Å². The topological polar surface area (TPSA) is 48.1 Å². The second-order valence-electron chi connectivity index (χ2n) is 4.05. The number of nitrogens with two attached hydrogens (primary N) is 1. The molecular formula is C10H16N2OS. The predicted molar refractivity (Wildman–Crippen MR) is 57.7 cm³/mol. The van der Waals surface area contributed by atoms with Crippen molar-refractivity contribution in [2.24, 2.45) is 5.73 Å². The van der Waals surface area contributed by atoms with E-state index in [-0.39, 0.29) is 5.41 Å². The van der Waals surface area contributed by atoms with Crippen LogP contribution in [0.1, 0.15) is 24.0 Å². The van der Waals surface area contributed by atoms with Gasteiger partial charge >= 0.3 is 0 Å². The number of nitrogens with zero attached hydrogens (tertiary/aromatic N) is 1. The summed E-state index contributed by atoms with van der Waals surface area (Å²) in [5.41, 5.74) is 6.77. The maximum absolute atomic E-state index is 5.50. The molecule has 1 aromatic rings. The van der Waals surface area contributed by atoms with E-state index in [9.17, 15) is 0 Å². The van der Waals surface area contributed by atoms with Crippen LogP contribution >= 0.6 is 11.3 Å². The molecule has 14 heavy (non-hydrogen) atoms. The zero-order valence-electron chi connectivity index (χ0n) is 8.45. The predicted octanol–water partition coefficient (Wildman–Crippen LogP) is 1.32. The van der Waals surface area contributed by atoms with Crippen LogP contribution in [0.5, 0.6) is 0 Å². The third-order valence-electron chi connectivity index (χ3n) is 2.69. The lowest BCUT2D eigenvalue weighted by Gasteiger charge is -2.17. The highest BCUT2D eigenvalue weighted by molar-refractivity contribution is 7.09. The molecule has 1 fully saturated rings. The van der Waals surface area contributed by atoms with E-state index in [1.165, 1.54) is 5.01 Å². The first-order chi connectivity index (χ1) is 6.74. The van der Waals surface area contributed by atoms with Gasteiger partial charge in [-0.1, -0.05) is 6.92 Å². The first-order valence-electron chi connectivity index (χ1n) is 4.97. The summed E-state index contributed by atoms with van der Waals surface area (Å²) in [5.74, 6) is 0. The zero-order valence-corrected chi connectivity index (χ0v) is 9.27. The van der Waals surface area contributed by atoms with Gasteiger partial charge in [0.25, 0.3) is 0 Å². The summed E-state index contributed by atoms with van der Waals surface area (Å²) in [4.78, 5) is 4.61. The van der Waals surface area contributed by atoms with Gasteiger partial charge in [-0.25, -0.2) is 4.98 Å². The summed E-state index contributed by atoms with van der Waals surface area (Å²) < 4.78 is 5.43. The first-order valence-corrected chi connectivity index (χ1v) is 5.85. The first kappa shape index (κ1) is 10.1. The van der Waals surface area contributed by atoms with Crippen LogP contribution < -0.4 is 5.73 Å². The lowest BCUT2D eigenvalue weighted by Crippen LogP contribution is -2.21. The fraction of sp³-hybridized carbons (Fsp3) is 0.700. The maximum atomic E-state index is 5.50. The van der Waals surface area contributed by atoms with E-state index in [1.807, 2.05) is 0 Å². The molecule has 0 aliphatic carbocycles. The molecule has 0 aromatic carbocycles. The van der Waals surface area contributed by atoms with Crippen molar-refractivity contribution in [1.82, 2.24) is 4.98 Å². The Morgan fingerprint density at radius 2 is 2.57 bits per heavy atom. The molecule has 1 unspecified atom stereocenters. The van der Waals surface area contributed by atoms with Crippen molar-refractivity contribution in [3.05, 3.63) is 16.1 Å². The van der Waals surface area contributed by atoms with Crippen molar-refractivity contribution in [1.29, 1.82) is 0 Å². The largest absolute Gasteiger partial charge is 0.380 e. The Bertz CT molecular complexity index is 305. The fourth-order valence-electron chi connectivity index (χ4n) is 1.68. The molecule has 2 heterocycles. The van der Waals surface area contributed by atoms with E-state index in [4.69, 9.17) is 10.5 Å². The molecule has 1 atom stereocenters. The van der Waals surface area contributed by atoms with Crippen molar-refractivity contribution >= 4 is 11.3 Å². The molecule has 0 spiro atoms. The third kappa shape index (κ3) is 1.82. The van der Waals surface area contributed by atoms with Crippen molar-refractivity contribution < 1.29 is 4.74 Å². The van der Waals surface area contributed by atoms with Gasteiger partial charge in [0.15, 0.2) is 0 Å². The number of thiazole rings is 1. The minimum absolute atomic E-state index is 0.150. The lowest BCUT2D eigenvalue weighted by molar-refractivity contribution is 0.180. The molecule has 0 radical (unpaired) electrons. The van der Waals surface area contributed by atoms with Gasteiger partial charge < -0.3 is 10.5 Å². The van der Waals surface area contributed by atoms with E-state index >= 15 is 0 Å². The smallest absolute Gasteiger partial charge is 0.101 e. The second kappa shape index (κ2) is 3.96. The van der Waals surface area contributed by atoms with Crippen molar-refractivity contribution in [3.8, 4) is 0 Å². The fourth-order valence-corrected chi connectivity index (χ4v) is 2.72. The van der Waals surface area contributed by atoms with E-state index in [2.05, 4.69) is 17.3 Å². The van der Waals surface area contributed by atoms with Crippen LogP contribution in [0.4, 0.5) is 0 Å². The molecule has 0 bridgehead atoms. The summed E-state index contributed by atoms with van der Waals surface area (Å²) in [7, 11) is 0. The average Bonchev–Trinajstić information content (AvgIpc) is 2.75. The molecule has 1 aliphatic rings. The van der Waals surface area contributed by atoms with Gasteiger partial charge in [0, 0.05) is 23.8 Å². The quantitative estimate of drug-likeness (QED) is 0.822. The van der Waals surface area contributed by atoms with Crippen LogP contribution in [0.3, 0.4) is 0 Å². The van der Waals surface area contributed by atoms with Crippen LogP contribution in [-0.4, -0.2) is 24.7 Å². The van der Waals surface area contributed by atoms with Gasteiger partial charge in [-0.2, -0.15) is 0 Å². The van der Waals surface area contributed by atoms with Crippen molar-refractivity contribution in [3.63, 3.8) is 0 Å². The van der Waals surface area contributed by atoms with E-state index in [1.54, 1.807) is 11.3 Å². The monoisotopic (exact) mass is 212 g/mol. The Morgan fingerprint density at radius 1 is 1.71 bits per heavy atom. The number of rotatable bonds is 3. The Balaban J connectivity index is 2.15. The van der Waals surface area contributed by atoms with E-state index in [0.717, 1.165) is 31.7 Å². The van der Waals surface area contributed by atoms with Gasteiger partial charge in [-0.05, 0) is 13.0 Å². The van der Waals surface area contributed by atoms with Crippen LogP contribution in [0.25, 0.3) is 0 Å². The zero-order chi connectivity index (χ0) is 10.0. The average molecular weight is 212 g/mol. The number of hydrogen-bond donors (Lipinski definition) is 1. The Kier molecular flexibility index (Phi) is 2.85. The highest BCUT2D eigenvalue weighted by atomic mass is 32.1. The van der Waals surface area contributed by atoms with Crippen molar-refractivity contribution in [2.75, 3.05) is 19.8 Å². The van der Waals surface area contributed by atoms with Crippen LogP contribution in [-0.2, 0) is 16.6 Å². The molecule has 2 N–H and O–H groups in total. The minimum Gasteiger partial charge on any atom is -0.380 e. The molecule has 0 saturated carbocycles. The lowest BCUT2D eigenvalue weighted by atomic mass is 9.91. The molecular weight excluding hydrogens is 196 g/mol. The highest BCUT2D eigenvalue weighted by Crippen LogP contribution is 2.34. The standard InChI is InChI=1S/C10H16N2OS/c1-10(3-5-13-7-10)9-12-8(2-4-11)6-14-9/h6H,2-5,7,11H2,1H3. The summed E-state index contributed by atoms with van der Waals surface area (Å²) in [6.45, 7) is 4.58. The Hall–Kier alpha value is -0.450. The number of ether oxygens (including phenoxy) is 1.